The van der Waals surface area contributed by atoms with Crippen LogP contribution in [-0.4, -0.2) is 16.6 Å². The van der Waals surface area contributed by atoms with E-state index in [4.69, 9.17) is 4.42 Å². The van der Waals surface area contributed by atoms with Gasteiger partial charge in [-0.3, -0.25) is 0 Å². The van der Waals surface area contributed by atoms with Crippen LogP contribution in [0.4, 0.5) is 4.79 Å². The maximum Gasteiger partial charge on any atom is 0.315 e. The molecule has 0 aromatic carbocycles. The van der Waals surface area contributed by atoms with E-state index in [2.05, 4.69) is 21.3 Å². The highest BCUT2D eigenvalue weighted by Crippen LogP contribution is 2.05. The lowest BCUT2D eigenvalue weighted by Crippen LogP contribution is -2.40. The van der Waals surface area contributed by atoms with E-state index < -0.39 is 0 Å². The molecule has 0 fully saturated rings. The number of aryl methyl sites for hydroxylation is 2. The second-order valence-electron chi connectivity index (χ2n) is 4.96. The summed E-state index contributed by atoms with van der Waals surface area (Å²) in [6.45, 7) is 2.42. The first-order valence-electron chi connectivity index (χ1n) is 6.82. The largest absolute Gasteiger partial charge is 0.467 e. The van der Waals surface area contributed by atoms with Crippen molar-refractivity contribution in [3.8, 4) is 0 Å². The number of hydrogen-bond donors (Lipinski definition) is 2. The number of carbonyl (C=O) groups is 1. The molecule has 0 saturated heterocycles. The van der Waals surface area contributed by atoms with E-state index in [0.29, 0.717) is 6.54 Å². The molecular weight excluding hydrogens is 254 g/mol. The molecule has 5 heteroatoms. The predicted octanol–water partition coefficient (Wildman–Crippen LogP) is 2.44. The summed E-state index contributed by atoms with van der Waals surface area (Å²) in [4.78, 5) is 11.7. The van der Waals surface area contributed by atoms with Crippen LogP contribution in [0.5, 0.6) is 0 Å². The predicted molar refractivity (Wildman–Crippen MR) is 77.3 cm³/mol. The van der Waals surface area contributed by atoms with Gasteiger partial charge in [-0.05, 0) is 44.0 Å². The quantitative estimate of drug-likeness (QED) is 0.850. The summed E-state index contributed by atoms with van der Waals surface area (Å²) in [5, 5.41) is 5.69. The minimum Gasteiger partial charge on any atom is -0.467 e. The van der Waals surface area contributed by atoms with Crippen molar-refractivity contribution in [1.82, 2.24) is 15.2 Å². The van der Waals surface area contributed by atoms with Crippen LogP contribution < -0.4 is 10.6 Å². The van der Waals surface area contributed by atoms with Gasteiger partial charge in [0.2, 0.25) is 0 Å². The smallest absolute Gasteiger partial charge is 0.315 e. The highest BCUT2D eigenvalue weighted by atomic mass is 16.3. The van der Waals surface area contributed by atoms with Gasteiger partial charge in [-0.25, -0.2) is 4.79 Å². The minimum atomic E-state index is -0.166. The molecule has 0 radical (unpaired) electrons. The van der Waals surface area contributed by atoms with E-state index in [1.165, 1.54) is 5.69 Å². The van der Waals surface area contributed by atoms with Crippen molar-refractivity contribution < 1.29 is 9.21 Å². The Balaban J connectivity index is 1.67. The normalized spacial score (nSPS) is 12.1. The number of urea groups is 1. The van der Waals surface area contributed by atoms with Gasteiger partial charge in [0.1, 0.15) is 5.76 Å². The van der Waals surface area contributed by atoms with Gasteiger partial charge in [-0.1, -0.05) is 0 Å². The molecule has 0 spiro atoms. The molecule has 0 aliphatic heterocycles. The fraction of sp³-hybridized carbons (Fsp3) is 0.400. The number of carbonyl (C=O) groups excluding carboxylic acids is 1. The van der Waals surface area contributed by atoms with Crippen molar-refractivity contribution in [3.05, 3.63) is 48.2 Å². The standard InChI is InChI=1S/C15H21N3O2/c1-12(7-8-13-5-3-9-18(13)2)17-15(19)16-11-14-6-4-10-20-14/h3-6,9-10,12H,7-8,11H2,1-2H3,(H2,16,17,19)/t12-/m0/s1. The molecule has 2 aromatic heterocycles. The van der Waals surface area contributed by atoms with Gasteiger partial charge in [0, 0.05) is 25.0 Å². The lowest BCUT2D eigenvalue weighted by Gasteiger charge is -2.14. The number of amides is 2. The van der Waals surface area contributed by atoms with Gasteiger partial charge < -0.3 is 19.6 Å². The zero-order chi connectivity index (χ0) is 14.4. The Morgan fingerprint density at radius 1 is 1.40 bits per heavy atom. The molecule has 2 amide bonds. The second-order valence-corrected chi connectivity index (χ2v) is 4.96. The van der Waals surface area contributed by atoms with Crippen molar-refractivity contribution in [2.75, 3.05) is 0 Å². The van der Waals surface area contributed by atoms with Gasteiger partial charge in [0.05, 0.1) is 12.8 Å². The summed E-state index contributed by atoms with van der Waals surface area (Å²) >= 11 is 0. The number of nitrogens with zero attached hydrogens (tertiary/aromatic N) is 1. The third kappa shape index (κ3) is 4.19. The van der Waals surface area contributed by atoms with Crippen LogP contribution in [-0.2, 0) is 20.0 Å². The maximum absolute atomic E-state index is 11.7. The van der Waals surface area contributed by atoms with Crippen LogP contribution in [0, 0.1) is 0 Å². The molecule has 20 heavy (non-hydrogen) atoms. The Morgan fingerprint density at radius 3 is 2.90 bits per heavy atom. The van der Waals surface area contributed by atoms with E-state index in [0.717, 1.165) is 18.6 Å². The number of rotatable bonds is 6. The first-order chi connectivity index (χ1) is 9.65. The lowest BCUT2D eigenvalue weighted by atomic mass is 10.1. The minimum absolute atomic E-state index is 0.126. The van der Waals surface area contributed by atoms with Gasteiger partial charge in [0.25, 0.3) is 0 Å². The molecule has 1 atom stereocenters. The summed E-state index contributed by atoms with van der Waals surface area (Å²) in [6, 6.07) is 7.73. The third-order valence-corrected chi connectivity index (χ3v) is 3.27. The number of nitrogens with one attached hydrogen (secondary N) is 2. The second kappa shape index (κ2) is 6.84. The molecule has 0 aliphatic carbocycles. The summed E-state index contributed by atoms with van der Waals surface area (Å²) in [5.74, 6) is 0.747. The first-order valence-corrected chi connectivity index (χ1v) is 6.82. The zero-order valence-corrected chi connectivity index (χ0v) is 11.9. The number of furan rings is 1. The molecule has 0 aliphatic rings. The molecule has 2 aromatic rings. The summed E-state index contributed by atoms with van der Waals surface area (Å²) < 4.78 is 7.25. The number of aromatic nitrogens is 1. The Morgan fingerprint density at radius 2 is 2.25 bits per heavy atom. The average molecular weight is 275 g/mol. The van der Waals surface area contributed by atoms with Crippen molar-refractivity contribution in [2.24, 2.45) is 7.05 Å². The van der Waals surface area contributed by atoms with Crippen molar-refractivity contribution >= 4 is 6.03 Å². The molecule has 108 valence electrons. The van der Waals surface area contributed by atoms with E-state index in [1.807, 2.05) is 32.3 Å². The molecule has 5 nitrogen and oxygen atoms in total. The van der Waals surface area contributed by atoms with E-state index >= 15 is 0 Å². The van der Waals surface area contributed by atoms with Crippen LogP contribution in [0.25, 0.3) is 0 Å². The molecule has 0 unspecified atom stereocenters. The summed E-state index contributed by atoms with van der Waals surface area (Å²) in [6.07, 6.45) is 5.48. The fourth-order valence-electron chi connectivity index (χ4n) is 2.05. The van der Waals surface area contributed by atoms with Crippen molar-refractivity contribution in [3.63, 3.8) is 0 Å². The van der Waals surface area contributed by atoms with Crippen molar-refractivity contribution in [1.29, 1.82) is 0 Å². The molecule has 0 saturated carbocycles. The van der Waals surface area contributed by atoms with Gasteiger partial charge in [0.15, 0.2) is 0 Å². The summed E-state index contributed by atoms with van der Waals surface area (Å²) in [5.41, 5.74) is 1.27. The Labute approximate surface area is 119 Å². The molecule has 2 N–H and O–H groups in total. The van der Waals surface area contributed by atoms with E-state index in [-0.39, 0.29) is 12.1 Å². The Hall–Kier alpha value is -2.17. The van der Waals surface area contributed by atoms with Gasteiger partial charge in [-0.2, -0.15) is 0 Å². The monoisotopic (exact) mass is 275 g/mol. The topological polar surface area (TPSA) is 59.2 Å². The Kier molecular flexibility index (Phi) is 4.87. The maximum atomic E-state index is 11.7. The van der Waals surface area contributed by atoms with Crippen molar-refractivity contribution in [2.45, 2.75) is 32.4 Å². The van der Waals surface area contributed by atoms with Crippen LogP contribution >= 0.6 is 0 Å². The average Bonchev–Trinajstić information content (AvgIpc) is 3.05. The van der Waals surface area contributed by atoms with Crippen LogP contribution in [0.3, 0.4) is 0 Å². The first kappa shape index (κ1) is 14.2. The SMILES string of the molecule is C[C@@H](CCc1cccn1C)NC(=O)NCc1ccco1. The van der Waals surface area contributed by atoms with Crippen LogP contribution in [0.15, 0.2) is 41.1 Å². The van der Waals surface area contributed by atoms with Gasteiger partial charge in [-0.15, -0.1) is 0 Å². The fourth-order valence-corrected chi connectivity index (χ4v) is 2.05. The number of hydrogen-bond acceptors (Lipinski definition) is 2. The molecule has 2 rings (SSSR count). The highest BCUT2D eigenvalue weighted by Gasteiger charge is 2.08. The highest BCUT2D eigenvalue weighted by molar-refractivity contribution is 5.74. The molecular formula is C15H21N3O2. The molecule has 2 heterocycles. The van der Waals surface area contributed by atoms with E-state index in [9.17, 15) is 4.79 Å². The molecule has 0 bridgehead atoms. The van der Waals surface area contributed by atoms with Crippen LogP contribution in [0.1, 0.15) is 24.8 Å². The summed E-state index contributed by atoms with van der Waals surface area (Å²) in [7, 11) is 2.03. The third-order valence-electron chi connectivity index (χ3n) is 3.27. The Bertz CT molecular complexity index is 531. The van der Waals surface area contributed by atoms with Gasteiger partial charge >= 0.3 is 6.03 Å². The lowest BCUT2D eigenvalue weighted by molar-refractivity contribution is 0.236. The van der Waals surface area contributed by atoms with Crippen LogP contribution in [0.2, 0.25) is 0 Å². The van der Waals surface area contributed by atoms with E-state index in [1.54, 1.807) is 12.3 Å². The zero-order valence-electron chi connectivity index (χ0n) is 11.9.